The molecule has 0 saturated heterocycles. The Morgan fingerprint density at radius 3 is 2.78 bits per heavy atom. The minimum Gasteiger partial charge on any atom is -0.346 e. The van der Waals surface area contributed by atoms with Crippen LogP contribution >= 0.6 is 0 Å². The summed E-state index contributed by atoms with van der Waals surface area (Å²) in [5.74, 6) is 0.933. The fraction of sp³-hybridized carbons (Fsp3) is 0.286. The standard InChI is InChI=1S/C21H23N5O/c1-12(2)20(21-22-16-9-8-13(3)10-18(16)23-21)24-19(27)11-17-14-6-4-5-7-15(14)25-26-17/h4-10,12,20H,11H2,1-3H3,(H,22,23)(H,24,27)(H,25,26). The van der Waals surface area contributed by atoms with E-state index in [-0.39, 0.29) is 24.3 Å². The summed E-state index contributed by atoms with van der Waals surface area (Å²) in [5.41, 5.74) is 4.77. The van der Waals surface area contributed by atoms with Crippen LogP contribution < -0.4 is 5.32 Å². The lowest BCUT2D eigenvalue weighted by Gasteiger charge is -2.20. The highest BCUT2D eigenvalue weighted by Gasteiger charge is 2.22. The molecule has 0 spiro atoms. The Morgan fingerprint density at radius 2 is 1.96 bits per heavy atom. The topological polar surface area (TPSA) is 86.5 Å². The predicted molar refractivity (Wildman–Crippen MR) is 106 cm³/mol. The van der Waals surface area contributed by atoms with E-state index in [9.17, 15) is 4.79 Å². The number of rotatable bonds is 5. The van der Waals surface area contributed by atoms with E-state index >= 15 is 0 Å². The van der Waals surface area contributed by atoms with E-state index in [1.807, 2.05) is 36.4 Å². The summed E-state index contributed by atoms with van der Waals surface area (Å²) in [5, 5.41) is 11.3. The van der Waals surface area contributed by atoms with E-state index in [0.717, 1.165) is 33.5 Å². The van der Waals surface area contributed by atoms with Gasteiger partial charge in [-0.05, 0) is 36.6 Å². The number of carbonyl (C=O) groups is 1. The molecule has 0 aliphatic heterocycles. The second-order valence-corrected chi connectivity index (χ2v) is 7.33. The number of fused-ring (bicyclic) bond motifs is 2. The van der Waals surface area contributed by atoms with Gasteiger partial charge in [-0.2, -0.15) is 5.10 Å². The molecule has 6 heteroatoms. The average Bonchev–Trinajstić information content (AvgIpc) is 3.23. The number of hydrogen-bond donors (Lipinski definition) is 3. The third kappa shape index (κ3) is 3.43. The Hall–Kier alpha value is -3.15. The van der Waals surface area contributed by atoms with Gasteiger partial charge >= 0.3 is 0 Å². The number of aromatic amines is 2. The number of nitrogens with zero attached hydrogens (tertiary/aromatic N) is 2. The molecule has 2 aromatic carbocycles. The minimum atomic E-state index is -0.181. The lowest BCUT2D eigenvalue weighted by atomic mass is 10.0. The molecule has 1 amide bonds. The first-order valence-corrected chi connectivity index (χ1v) is 9.19. The van der Waals surface area contributed by atoms with Crippen molar-refractivity contribution in [2.75, 3.05) is 0 Å². The van der Waals surface area contributed by atoms with Crippen LogP contribution in [0.5, 0.6) is 0 Å². The summed E-state index contributed by atoms with van der Waals surface area (Å²) in [6.45, 7) is 6.21. The maximum atomic E-state index is 12.7. The molecule has 1 atom stereocenters. The van der Waals surface area contributed by atoms with E-state index in [2.05, 4.69) is 52.3 Å². The molecule has 138 valence electrons. The van der Waals surface area contributed by atoms with E-state index in [4.69, 9.17) is 0 Å². The molecule has 0 bridgehead atoms. The fourth-order valence-electron chi connectivity index (χ4n) is 3.38. The van der Waals surface area contributed by atoms with E-state index in [1.165, 1.54) is 5.56 Å². The van der Waals surface area contributed by atoms with Crippen LogP contribution in [0.15, 0.2) is 42.5 Å². The van der Waals surface area contributed by atoms with Gasteiger partial charge in [0.05, 0.1) is 34.7 Å². The van der Waals surface area contributed by atoms with E-state index in [0.29, 0.717) is 0 Å². The molecule has 3 N–H and O–H groups in total. The number of para-hydroxylation sites is 1. The zero-order valence-corrected chi connectivity index (χ0v) is 15.7. The van der Waals surface area contributed by atoms with Crippen LogP contribution in [0.3, 0.4) is 0 Å². The lowest BCUT2D eigenvalue weighted by Crippen LogP contribution is -2.33. The third-order valence-corrected chi connectivity index (χ3v) is 4.81. The summed E-state index contributed by atoms with van der Waals surface area (Å²) in [7, 11) is 0. The molecule has 0 aliphatic carbocycles. The van der Waals surface area contributed by atoms with E-state index in [1.54, 1.807) is 0 Å². The number of aromatic nitrogens is 4. The van der Waals surface area contributed by atoms with Gasteiger partial charge in [-0.25, -0.2) is 4.98 Å². The quantitative estimate of drug-likeness (QED) is 0.505. The molecule has 0 aliphatic rings. The number of H-pyrrole nitrogens is 2. The van der Waals surface area contributed by atoms with Crippen molar-refractivity contribution in [2.24, 2.45) is 5.92 Å². The summed E-state index contributed by atoms with van der Waals surface area (Å²) in [6, 6.07) is 13.7. The first-order chi connectivity index (χ1) is 13.0. The summed E-state index contributed by atoms with van der Waals surface area (Å²) in [6.07, 6.45) is 0.253. The van der Waals surface area contributed by atoms with Crippen LogP contribution in [-0.4, -0.2) is 26.1 Å². The Morgan fingerprint density at radius 1 is 1.15 bits per heavy atom. The van der Waals surface area contributed by atoms with Crippen molar-refractivity contribution in [3.63, 3.8) is 0 Å². The SMILES string of the molecule is Cc1ccc2nc(C(NC(=O)Cc3[nH]nc4ccccc34)C(C)C)[nH]c2c1. The second-order valence-electron chi connectivity index (χ2n) is 7.33. The first kappa shape index (κ1) is 17.3. The second kappa shape index (κ2) is 6.87. The first-order valence-electron chi connectivity index (χ1n) is 9.19. The van der Waals surface area contributed by atoms with Crippen molar-refractivity contribution in [3.8, 4) is 0 Å². The van der Waals surface area contributed by atoms with Crippen molar-refractivity contribution in [3.05, 3.63) is 59.5 Å². The maximum absolute atomic E-state index is 12.7. The lowest BCUT2D eigenvalue weighted by molar-refractivity contribution is -0.121. The molecule has 0 saturated carbocycles. The normalized spacial score (nSPS) is 12.7. The molecule has 4 aromatic rings. The summed E-state index contributed by atoms with van der Waals surface area (Å²) >= 11 is 0. The number of carbonyl (C=O) groups excluding carboxylic acids is 1. The number of hydrogen-bond acceptors (Lipinski definition) is 3. The van der Waals surface area contributed by atoms with Crippen LogP contribution in [0.25, 0.3) is 21.9 Å². The number of amides is 1. The van der Waals surface area contributed by atoms with Crippen LogP contribution in [0.4, 0.5) is 0 Å². The highest BCUT2D eigenvalue weighted by Crippen LogP contribution is 2.23. The van der Waals surface area contributed by atoms with Crippen molar-refractivity contribution in [2.45, 2.75) is 33.2 Å². The molecule has 0 fully saturated rings. The number of aryl methyl sites for hydroxylation is 1. The highest BCUT2D eigenvalue weighted by atomic mass is 16.1. The maximum Gasteiger partial charge on any atom is 0.226 e. The molecular weight excluding hydrogens is 338 g/mol. The predicted octanol–water partition coefficient (Wildman–Crippen LogP) is 3.80. The molecule has 4 rings (SSSR count). The molecular formula is C21H23N5O. The average molecular weight is 361 g/mol. The van der Waals surface area contributed by atoms with Gasteiger partial charge in [-0.1, -0.05) is 38.1 Å². The molecule has 0 radical (unpaired) electrons. The molecule has 6 nitrogen and oxygen atoms in total. The van der Waals surface area contributed by atoms with Gasteiger partial charge in [0.1, 0.15) is 5.82 Å². The van der Waals surface area contributed by atoms with Gasteiger partial charge in [0.25, 0.3) is 0 Å². The smallest absolute Gasteiger partial charge is 0.226 e. The van der Waals surface area contributed by atoms with Crippen molar-refractivity contribution < 1.29 is 4.79 Å². The van der Waals surface area contributed by atoms with Crippen LogP contribution in [0.2, 0.25) is 0 Å². The monoisotopic (exact) mass is 361 g/mol. The fourth-order valence-corrected chi connectivity index (χ4v) is 3.38. The third-order valence-electron chi connectivity index (χ3n) is 4.81. The summed E-state index contributed by atoms with van der Waals surface area (Å²) < 4.78 is 0. The zero-order chi connectivity index (χ0) is 19.0. The van der Waals surface area contributed by atoms with Crippen molar-refractivity contribution in [1.29, 1.82) is 0 Å². The van der Waals surface area contributed by atoms with Gasteiger partial charge in [0.15, 0.2) is 0 Å². The summed E-state index contributed by atoms with van der Waals surface area (Å²) in [4.78, 5) is 20.8. The molecule has 27 heavy (non-hydrogen) atoms. The number of nitrogens with one attached hydrogen (secondary N) is 3. The zero-order valence-electron chi connectivity index (χ0n) is 15.7. The van der Waals surface area contributed by atoms with Gasteiger partial charge in [-0.15, -0.1) is 0 Å². The number of imidazole rings is 1. The van der Waals surface area contributed by atoms with Gasteiger partial charge in [0, 0.05) is 5.39 Å². The van der Waals surface area contributed by atoms with Crippen molar-refractivity contribution in [1.82, 2.24) is 25.5 Å². The molecule has 2 aromatic heterocycles. The minimum absolute atomic E-state index is 0.0558. The van der Waals surface area contributed by atoms with Gasteiger partial charge < -0.3 is 10.3 Å². The highest BCUT2D eigenvalue weighted by molar-refractivity contribution is 5.87. The Labute approximate surface area is 157 Å². The number of benzene rings is 2. The van der Waals surface area contributed by atoms with Crippen molar-refractivity contribution >= 4 is 27.8 Å². The van der Waals surface area contributed by atoms with E-state index < -0.39 is 0 Å². The van der Waals surface area contributed by atoms with Gasteiger partial charge in [-0.3, -0.25) is 9.89 Å². The van der Waals surface area contributed by atoms with Crippen LogP contribution in [0, 0.1) is 12.8 Å². The van der Waals surface area contributed by atoms with Gasteiger partial charge in [0.2, 0.25) is 5.91 Å². The Bertz CT molecular complexity index is 1110. The van der Waals surface area contributed by atoms with Crippen LogP contribution in [-0.2, 0) is 11.2 Å². The molecule has 1 unspecified atom stereocenters. The Kier molecular flexibility index (Phi) is 4.39. The molecule has 2 heterocycles. The van der Waals surface area contributed by atoms with Crippen LogP contribution in [0.1, 0.15) is 37.0 Å². The largest absolute Gasteiger partial charge is 0.346 e. The Balaban J connectivity index is 1.56.